The van der Waals surface area contributed by atoms with E-state index in [0.717, 1.165) is 11.8 Å². The number of aromatic hydroxyl groups is 1. The summed E-state index contributed by atoms with van der Waals surface area (Å²) in [6.07, 6.45) is -4.68. The van der Waals surface area contributed by atoms with E-state index in [4.69, 9.17) is 16.3 Å². The van der Waals surface area contributed by atoms with Crippen LogP contribution >= 0.6 is 11.6 Å². The van der Waals surface area contributed by atoms with Crippen molar-refractivity contribution in [3.63, 3.8) is 0 Å². The highest BCUT2D eigenvalue weighted by molar-refractivity contribution is 6.30. The number of alkyl halides is 3. The van der Waals surface area contributed by atoms with E-state index in [1.165, 1.54) is 36.4 Å². The van der Waals surface area contributed by atoms with Gasteiger partial charge in [0, 0.05) is 11.6 Å². The van der Waals surface area contributed by atoms with Crippen molar-refractivity contribution in [2.24, 2.45) is 0 Å². The first kappa shape index (κ1) is 20.5. The topological polar surface area (TPSA) is 76.4 Å². The summed E-state index contributed by atoms with van der Waals surface area (Å²) in [5.74, 6) is -0.642. The summed E-state index contributed by atoms with van der Waals surface area (Å²) >= 11 is 5.76. The number of amides is 1. The van der Waals surface area contributed by atoms with Crippen molar-refractivity contribution in [1.82, 2.24) is 15.1 Å². The van der Waals surface area contributed by atoms with Gasteiger partial charge in [0.25, 0.3) is 0 Å². The maximum atomic E-state index is 13.5. The lowest BCUT2D eigenvalue weighted by Crippen LogP contribution is -2.29. The molecule has 2 aromatic carbocycles. The molecule has 1 heterocycles. The van der Waals surface area contributed by atoms with Crippen LogP contribution in [0.25, 0.3) is 5.69 Å². The molecule has 3 aromatic rings. The quantitative estimate of drug-likeness (QED) is 0.627. The molecule has 0 fully saturated rings. The van der Waals surface area contributed by atoms with Gasteiger partial charge in [0.1, 0.15) is 5.75 Å². The van der Waals surface area contributed by atoms with Crippen LogP contribution in [-0.4, -0.2) is 27.5 Å². The normalized spacial score (nSPS) is 11.3. The Kier molecular flexibility index (Phi) is 5.97. The summed E-state index contributed by atoms with van der Waals surface area (Å²) in [7, 11) is 0. The summed E-state index contributed by atoms with van der Waals surface area (Å²) in [6, 6.07) is 12.0. The molecule has 0 spiro atoms. The number of phenolic OH excluding ortho intramolecular Hbond substituents is 1. The van der Waals surface area contributed by atoms with E-state index >= 15 is 0 Å². The zero-order valence-corrected chi connectivity index (χ0v) is 15.5. The van der Waals surface area contributed by atoms with E-state index in [2.05, 4.69) is 10.4 Å². The fourth-order valence-corrected chi connectivity index (χ4v) is 2.73. The maximum Gasteiger partial charge on any atom is 0.437 e. The van der Waals surface area contributed by atoms with Crippen molar-refractivity contribution in [1.29, 1.82) is 0 Å². The molecule has 1 aromatic heterocycles. The molecular formula is C19H15ClF3N3O3. The van der Waals surface area contributed by atoms with Gasteiger partial charge >= 0.3 is 12.3 Å². The molecule has 3 rings (SSSR count). The summed E-state index contributed by atoms with van der Waals surface area (Å²) in [6.45, 7) is 0.106. The minimum atomic E-state index is -4.81. The largest absolute Gasteiger partial charge is 0.508 e. The van der Waals surface area contributed by atoms with E-state index in [9.17, 15) is 23.1 Å². The first-order valence-electron chi connectivity index (χ1n) is 8.39. The first-order valence-corrected chi connectivity index (χ1v) is 8.76. The number of hydrogen-bond donors (Lipinski definition) is 2. The predicted molar refractivity (Wildman–Crippen MR) is 99.4 cm³/mol. The fraction of sp³-hybridized carbons (Fsp3) is 0.158. The van der Waals surface area contributed by atoms with Gasteiger partial charge < -0.3 is 15.2 Å². The monoisotopic (exact) mass is 425 g/mol. The summed E-state index contributed by atoms with van der Waals surface area (Å²) in [5, 5.41) is 15.8. The molecule has 0 radical (unpaired) electrons. The lowest BCUT2D eigenvalue weighted by atomic mass is 10.1. The van der Waals surface area contributed by atoms with Crippen LogP contribution in [0.5, 0.6) is 11.5 Å². The van der Waals surface area contributed by atoms with Crippen molar-refractivity contribution in [2.75, 3.05) is 6.54 Å². The average molecular weight is 426 g/mol. The molecule has 6 nitrogen and oxygen atoms in total. The van der Waals surface area contributed by atoms with E-state index in [-0.39, 0.29) is 18.0 Å². The number of ether oxygens (including phenoxy) is 1. The zero-order valence-electron chi connectivity index (χ0n) is 14.8. The van der Waals surface area contributed by atoms with Crippen LogP contribution in [0.2, 0.25) is 5.02 Å². The number of phenols is 1. The maximum absolute atomic E-state index is 13.5. The molecule has 0 saturated carbocycles. The molecule has 0 aliphatic carbocycles. The Balaban J connectivity index is 1.71. The Morgan fingerprint density at radius 1 is 1.21 bits per heavy atom. The third kappa shape index (κ3) is 5.20. The van der Waals surface area contributed by atoms with E-state index in [1.54, 1.807) is 12.1 Å². The molecule has 1 amide bonds. The minimum Gasteiger partial charge on any atom is -0.508 e. The Labute approximate surface area is 168 Å². The number of nitrogens with zero attached hydrogens (tertiary/aromatic N) is 2. The zero-order chi connectivity index (χ0) is 21.0. The molecule has 0 aliphatic heterocycles. The third-order valence-corrected chi connectivity index (χ3v) is 4.12. The third-order valence-electron chi connectivity index (χ3n) is 3.87. The molecule has 0 aliphatic rings. The Bertz CT molecular complexity index is 1000. The number of nitrogens with one attached hydrogen (secondary N) is 1. The molecule has 0 bridgehead atoms. The highest BCUT2D eigenvalue weighted by Crippen LogP contribution is 2.37. The van der Waals surface area contributed by atoms with Crippen molar-refractivity contribution in [2.45, 2.75) is 12.6 Å². The number of rotatable bonds is 5. The van der Waals surface area contributed by atoms with Crippen LogP contribution in [0.3, 0.4) is 0 Å². The number of carbonyl (C=O) groups is 1. The lowest BCUT2D eigenvalue weighted by molar-refractivity contribution is -0.143. The summed E-state index contributed by atoms with van der Waals surface area (Å²) in [5.41, 5.74) is -0.360. The van der Waals surface area contributed by atoms with Gasteiger partial charge in [0.2, 0.25) is 0 Å². The van der Waals surface area contributed by atoms with Crippen LogP contribution in [0.4, 0.5) is 18.0 Å². The summed E-state index contributed by atoms with van der Waals surface area (Å²) < 4.78 is 46.1. The van der Waals surface area contributed by atoms with Gasteiger partial charge in [-0.3, -0.25) is 0 Å². The second-order valence-corrected chi connectivity index (χ2v) is 6.42. The highest BCUT2D eigenvalue weighted by atomic mass is 35.5. The van der Waals surface area contributed by atoms with Crippen LogP contribution < -0.4 is 10.1 Å². The molecule has 10 heteroatoms. The highest BCUT2D eigenvalue weighted by Gasteiger charge is 2.40. The molecule has 29 heavy (non-hydrogen) atoms. The van der Waals surface area contributed by atoms with Gasteiger partial charge in [-0.25, -0.2) is 9.48 Å². The first-order chi connectivity index (χ1) is 13.7. The number of halogens is 4. The smallest absolute Gasteiger partial charge is 0.437 e. The second-order valence-electron chi connectivity index (χ2n) is 5.98. The fourth-order valence-electron chi connectivity index (χ4n) is 2.60. The number of carbonyl (C=O) groups excluding carboxylic acids is 1. The van der Waals surface area contributed by atoms with Crippen molar-refractivity contribution >= 4 is 17.7 Å². The van der Waals surface area contributed by atoms with Gasteiger partial charge in [-0.1, -0.05) is 23.7 Å². The van der Waals surface area contributed by atoms with Gasteiger partial charge in [-0.05, 0) is 48.4 Å². The number of aromatic nitrogens is 2. The van der Waals surface area contributed by atoms with Gasteiger partial charge in [-0.2, -0.15) is 18.3 Å². The summed E-state index contributed by atoms with van der Waals surface area (Å²) in [4.78, 5) is 11.9. The van der Waals surface area contributed by atoms with Crippen LogP contribution in [0.15, 0.2) is 54.7 Å². The van der Waals surface area contributed by atoms with Crippen LogP contribution in [-0.2, 0) is 12.6 Å². The van der Waals surface area contributed by atoms with Crippen molar-refractivity contribution in [3.8, 4) is 17.2 Å². The SMILES string of the molecule is O=C(NCCc1cccc(O)c1)Oc1cnn(-c2ccc(Cl)cc2)c1C(F)(F)F. The van der Waals surface area contributed by atoms with Crippen molar-refractivity contribution in [3.05, 3.63) is 71.0 Å². The molecule has 0 saturated heterocycles. The number of hydrogen-bond acceptors (Lipinski definition) is 4. The van der Waals surface area contributed by atoms with Crippen LogP contribution in [0.1, 0.15) is 11.3 Å². The molecule has 2 N–H and O–H groups in total. The molecule has 0 atom stereocenters. The Morgan fingerprint density at radius 3 is 2.59 bits per heavy atom. The van der Waals surface area contributed by atoms with Crippen molar-refractivity contribution < 1.29 is 27.8 Å². The van der Waals surface area contributed by atoms with Gasteiger partial charge in [-0.15, -0.1) is 0 Å². The number of benzene rings is 2. The van der Waals surface area contributed by atoms with Crippen LogP contribution in [0, 0.1) is 0 Å². The Hall–Kier alpha value is -3.20. The van der Waals surface area contributed by atoms with Gasteiger partial charge in [0.15, 0.2) is 11.4 Å². The second kappa shape index (κ2) is 8.44. The standard InChI is InChI=1S/C19H15ClF3N3O3/c20-13-4-6-14(7-5-13)26-17(19(21,22)23)16(11-25-26)29-18(28)24-9-8-12-2-1-3-15(27)10-12/h1-7,10-11,27H,8-9H2,(H,24,28). The molecule has 0 unspecified atom stereocenters. The predicted octanol–water partition coefficient (Wildman–Crippen LogP) is 4.58. The van der Waals surface area contributed by atoms with Gasteiger partial charge in [0.05, 0.1) is 11.9 Å². The minimum absolute atomic E-state index is 0.0782. The Morgan fingerprint density at radius 2 is 1.93 bits per heavy atom. The average Bonchev–Trinajstić information content (AvgIpc) is 3.06. The van der Waals surface area contributed by atoms with E-state index in [1.807, 2.05) is 0 Å². The molecular weight excluding hydrogens is 411 g/mol. The lowest BCUT2D eigenvalue weighted by Gasteiger charge is -2.13. The van der Waals surface area contributed by atoms with E-state index in [0.29, 0.717) is 16.1 Å². The molecule has 152 valence electrons. The van der Waals surface area contributed by atoms with E-state index < -0.39 is 23.7 Å².